The lowest BCUT2D eigenvalue weighted by Crippen LogP contribution is -2.38. The number of unbranched alkanes of at least 4 members (excludes halogenated alkanes) is 1. The Kier molecular flexibility index (Phi) is 11.4. The van der Waals surface area contributed by atoms with Gasteiger partial charge in [0.25, 0.3) is 0 Å². The van der Waals surface area contributed by atoms with Crippen LogP contribution < -0.4 is 10.6 Å². The molecule has 1 aromatic rings. The number of aromatic nitrogens is 3. The van der Waals surface area contributed by atoms with Gasteiger partial charge in [-0.2, -0.15) is 0 Å². The molecule has 0 amide bonds. The molecule has 1 saturated carbocycles. The van der Waals surface area contributed by atoms with Crippen LogP contribution in [0.25, 0.3) is 0 Å². The molecule has 0 bridgehead atoms. The van der Waals surface area contributed by atoms with Crippen molar-refractivity contribution in [2.75, 3.05) is 39.1 Å². The van der Waals surface area contributed by atoms with Crippen LogP contribution in [0.4, 0.5) is 0 Å². The third kappa shape index (κ3) is 7.62. The number of aryl methyl sites for hydroxylation is 1. The summed E-state index contributed by atoms with van der Waals surface area (Å²) in [6.45, 7) is 8.35. The predicted octanol–water partition coefficient (Wildman–Crippen LogP) is 3.42. The molecule has 2 N–H and O–H groups in total. The van der Waals surface area contributed by atoms with Crippen molar-refractivity contribution in [2.45, 2.75) is 76.4 Å². The molecule has 0 aromatic carbocycles. The molecule has 0 spiro atoms. The average Bonchev–Trinajstić information content (AvgIpc) is 3.36. The molecule has 160 valence electrons. The number of ether oxygens (including phenoxy) is 1. The van der Waals surface area contributed by atoms with Gasteiger partial charge in [-0.1, -0.05) is 24.6 Å². The van der Waals surface area contributed by atoms with E-state index in [1.807, 2.05) is 6.92 Å². The number of nitrogens with one attached hydrogen (secondary N) is 2. The highest BCUT2D eigenvalue weighted by Gasteiger charge is 2.23. The molecule has 7 nitrogen and oxygen atoms in total. The molecule has 8 heteroatoms. The van der Waals surface area contributed by atoms with Gasteiger partial charge >= 0.3 is 0 Å². The van der Waals surface area contributed by atoms with E-state index in [4.69, 9.17) is 9.73 Å². The van der Waals surface area contributed by atoms with Gasteiger partial charge in [0, 0.05) is 45.3 Å². The van der Waals surface area contributed by atoms with Crippen LogP contribution in [0.15, 0.2) is 10.1 Å². The first kappa shape index (κ1) is 23.0. The van der Waals surface area contributed by atoms with E-state index in [-0.39, 0.29) is 0 Å². The Hall–Kier alpha value is -1.28. The molecule has 0 saturated heterocycles. The first-order valence-electron chi connectivity index (χ1n) is 10.9. The van der Waals surface area contributed by atoms with Crippen molar-refractivity contribution in [3.63, 3.8) is 0 Å². The quantitative estimate of drug-likeness (QED) is 0.225. The van der Waals surface area contributed by atoms with Crippen molar-refractivity contribution in [3.05, 3.63) is 5.82 Å². The normalized spacial score (nSPS) is 15.3. The lowest BCUT2D eigenvalue weighted by Gasteiger charge is -2.16. The summed E-state index contributed by atoms with van der Waals surface area (Å²) in [4.78, 5) is 4.72. The second kappa shape index (κ2) is 13.8. The summed E-state index contributed by atoms with van der Waals surface area (Å²) in [7, 11) is 0. The first-order chi connectivity index (χ1) is 13.8. The number of hydrogen-bond acceptors (Lipinski definition) is 5. The average molecular weight is 411 g/mol. The van der Waals surface area contributed by atoms with Crippen LogP contribution >= 0.6 is 11.8 Å². The maximum Gasteiger partial charge on any atom is 0.191 e. The zero-order valence-electron chi connectivity index (χ0n) is 17.9. The Morgan fingerprint density at radius 2 is 2.00 bits per heavy atom. The molecular weight excluding hydrogens is 372 g/mol. The summed E-state index contributed by atoms with van der Waals surface area (Å²) < 4.78 is 7.77. The lowest BCUT2D eigenvalue weighted by atomic mass is 10.2. The van der Waals surface area contributed by atoms with E-state index in [0.29, 0.717) is 6.04 Å². The Morgan fingerprint density at radius 3 is 2.71 bits per heavy atom. The minimum absolute atomic E-state index is 0.589. The molecule has 2 rings (SSSR count). The Balaban J connectivity index is 1.77. The maximum absolute atomic E-state index is 5.38. The predicted molar refractivity (Wildman–Crippen MR) is 117 cm³/mol. The maximum atomic E-state index is 5.38. The highest BCUT2D eigenvalue weighted by atomic mass is 32.2. The van der Waals surface area contributed by atoms with Crippen LogP contribution in [0.1, 0.15) is 70.7 Å². The van der Waals surface area contributed by atoms with Gasteiger partial charge in [0.1, 0.15) is 5.82 Å². The van der Waals surface area contributed by atoms with Gasteiger partial charge in [0.15, 0.2) is 11.1 Å². The summed E-state index contributed by atoms with van der Waals surface area (Å²) in [6.07, 6.45) is 11.3. The smallest absolute Gasteiger partial charge is 0.191 e. The fraction of sp³-hybridized carbons (Fsp3) is 0.850. The monoisotopic (exact) mass is 410 g/mol. The molecule has 0 radical (unpaired) electrons. The molecule has 0 unspecified atom stereocenters. The second-order valence-electron chi connectivity index (χ2n) is 7.11. The fourth-order valence-corrected chi connectivity index (χ4v) is 4.17. The van der Waals surface area contributed by atoms with Gasteiger partial charge < -0.3 is 19.9 Å². The number of aliphatic imine (C=N–C) groups is 1. The molecule has 1 aromatic heterocycles. The summed E-state index contributed by atoms with van der Waals surface area (Å²) in [5.41, 5.74) is 0. The van der Waals surface area contributed by atoms with E-state index < -0.39 is 0 Å². The largest absolute Gasteiger partial charge is 0.382 e. The van der Waals surface area contributed by atoms with Gasteiger partial charge in [0.05, 0.1) is 0 Å². The third-order valence-corrected chi connectivity index (χ3v) is 5.64. The van der Waals surface area contributed by atoms with Crippen molar-refractivity contribution >= 4 is 17.7 Å². The third-order valence-electron chi connectivity index (χ3n) is 4.99. The van der Waals surface area contributed by atoms with Crippen LogP contribution in [0, 0.1) is 0 Å². The van der Waals surface area contributed by atoms with Gasteiger partial charge in [-0.25, -0.2) is 0 Å². The minimum Gasteiger partial charge on any atom is -0.382 e. The standard InChI is InChI=1S/C20H38N6OS/c1-4-21-19(22-14-8-9-16-27-5-2)23-15-10-13-18-24-25-20(28-3)26(18)17-11-6-7-12-17/h17H,4-16H2,1-3H3,(H2,21,22,23). The Bertz CT molecular complexity index is 571. The highest BCUT2D eigenvalue weighted by molar-refractivity contribution is 7.98. The Morgan fingerprint density at radius 1 is 1.18 bits per heavy atom. The Labute approximate surface area is 174 Å². The van der Waals surface area contributed by atoms with Crippen molar-refractivity contribution in [2.24, 2.45) is 4.99 Å². The molecule has 1 aliphatic carbocycles. The molecule has 1 aliphatic rings. The second-order valence-corrected chi connectivity index (χ2v) is 7.88. The van der Waals surface area contributed by atoms with E-state index in [0.717, 1.165) is 75.5 Å². The highest BCUT2D eigenvalue weighted by Crippen LogP contribution is 2.33. The number of guanidine groups is 1. The number of rotatable bonds is 13. The zero-order valence-corrected chi connectivity index (χ0v) is 18.7. The SMILES string of the molecule is CCNC(=NCCCc1nnc(SC)n1C1CCCC1)NCCCCOCC. The van der Waals surface area contributed by atoms with E-state index in [2.05, 4.69) is 38.6 Å². The van der Waals surface area contributed by atoms with Crippen LogP contribution in [0.5, 0.6) is 0 Å². The van der Waals surface area contributed by atoms with Crippen LogP contribution in [0.3, 0.4) is 0 Å². The van der Waals surface area contributed by atoms with Gasteiger partial charge in [-0.3, -0.25) is 4.99 Å². The van der Waals surface area contributed by atoms with Gasteiger partial charge in [0.2, 0.25) is 0 Å². The van der Waals surface area contributed by atoms with Crippen molar-refractivity contribution < 1.29 is 4.74 Å². The summed E-state index contributed by atoms with van der Waals surface area (Å²) in [5.74, 6) is 2.03. The molecule has 28 heavy (non-hydrogen) atoms. The van der Waals surface area contributed by atoms with Gasteiger partial charge in [-0.15, -0.1) is 10.2 Å². The number of thioether (sulfide) groups is 1. The van der Waals surface area contributed by atoms with E-state index in [1.54, 1.807) is 11.8 Å². The minimum atomic E-state index is 0.589. The molecular formula is C20H38N6OS. The van der Waals surface area contributed by atoms with Crippen molar-refractivity contribution in [1.82, 2.24) is 25.4 Å². The first-order valence-corrected chi connectivity index (χ1v) is 12.1. The topological polar surface area (TPSA) is 76.4 Å². The molecule has 1 fully saturated rings. The molecule has 0 aliphatic heterocycles. The van der Waals surface area contributed by atoms with Gasteiger partial charge in [-0.05, 0) is 52.2 Å². The van der Waals surface area contributed by atoms with Crippen LogP contribution in [-0.4, -0.2) is 59.8 Å². The molecule has 1 heterocycles. The summed E-state index contributed by atoms with van der Waals surface area (Å²) in [5, 5.41) is 16.7. The summed E-state index contributed by atoms with van der Waals surface area (Å²) >= 11 is 1.70. The number of hydrogen-bond donors (Lipinski definition) is 2. The molecule has 0 atom stereocenters. The zero-order chi connectivity index (χ0) is 20.0. The van der Waals surface area contributed by atoms with Crippen molar-refractivity contribution in [3.8, 4) is 0 Å². The van der Waals surface area contributed by atoms with E-state index in [1.165, 1.54) is 25.7 Å². The van der Waals surface area contributed by atoms with Crippen molar-refractivity contribution in [1.29, 1.82) is 0 Å². The van der Waals surface area contributed by atoms with Crippen LogP contribution in [0.2, 0.25) is 0 Å². The summed E-state index contributed by atoms with van der Waals surface area (Å²) in [6, 6.07) is 0.589. The lowest BCUT2D eigenvalue weighted by molar-refractivity contribution is 0.143. The van der Waals surface area contributed by atoms with E-state index in [9.17, 15) is 0 Å². The number of nitrogens with zero attached hydrogens (tertiary/aromatic N) is 4. The van der Waals surface area contributed by atoms with Crippen LogP contribution in [-0.2, 0) is 11.2 Å². The fourth-order valence-electron chi connectivity index (χ4n) is 3.60. The van der Waals surface area contributed by atoms with E-state index >= 15 is 0 Å².